The molecule has 8 N–H and O–H groups in total. The molecule has 0 spiro atoms. The second-order valence-corrected chi connectivity index (χ2v) is 12.0. The van der Waals surface area contributed by atoms with Crippen molar-refractivity contribution >= 4 is 22.3 Å². The summed E-state index contributed by atoms with van der Waals surface area (Å²) in [5.74, 6) is -3.09. The maximum absolute atomic E-state index is 9.41. The van der Waals surface area contributed by atoms with Crippen LogP contribution in [-0.2, 0) is 20.0 Å². The number of hydrogen-bond acceptors (Lipinski definition) is 8. The van der Waals surface area contributed by atoms with Crippen molar-refractivity contribution in [3.8, 4) is 0 Å². The van der Waals surface area contributed by atoms with Crippen molar-refractivity contribution < 1.29 is 58.6 Å². The molecule has 0 atom stereocenters. The second kappa shape index (κ2) is 50.4. The summed E-state index contributed by atoms with van der Waals surface area (Å²) < 4.78 is 34.1. The molecule has 0 radical (unpaired) electrons. The molecule has 0 aliphatic rings. The van der Waals surface area contributed by atoms with Crippen LogP contribution in [0.1, 0.15) is 79.1 Å². The summed E-state index contributed by atoms with van der Waals surface area (Å²) in [6.07, 6.45) is 25.2. The number of quaternary nitrogens is 4. The molecule has 0 bridgehead atoms. The van der Waals surface area contributed by atoms with E-state index in [0.717, 1.165) is 77.5 Å². The molecule has 0 heterocycles. The molecule has 0 aromatic heterocycles. The summed E-state index contributed by atoms with van der Waals surface area (Å²) in [6, 6.07) is 2.67. The van der Waals surface area contributed by atoms with E-state index in [1.165, 1.54) is 0 Å². The lowest BCUT2D eigenvalue weighted by Crippen LogP contribution is -2.89. The molecule has 12 nitrogen and oxygen atoms in total. The molecule has 0 aromatic carbocycles. The fraction of sp³-hybridized carbons (Fsp3) is 0.500. The maximum Gasteiger partial charge on any atom is 0.0928 e. The monoisotopic (exact) mass is 771 g/mol. The van der Waals surface area contributed by atoms with Gasteiger partial charge in [-0.15, -0.1) is 52.6 Å². The number of carboxylic acid groups (broad SMARTS) is 2. The van der Waals surface area contributed by atoms with Gasteiger partial charge in [0, 0.05) is 61.8 Å². The molecule has 308 valence electrons. The molecule has 0 aliphatic carbocycles. The van der Waals surface area contributed by atoms with Crippen LogP contribution in [0, 0.1) is 0 Å². The highest BCUT2D eigenvalue weighted by Gasteiger charge is 2.06. The van der Waals surface area contributed by atoms with Crippen molar-refractivity contribution in [2.24, 2.45) is 0 Å². The smallest absolute Gasteiger partial charge is 0.0928 e. The molecule has 0 saturated heterocycles. The lowest BCUT2D eigenvalue weighted by molar-refractivity contribution is -0.685. The quantitative estimate of drug-likeness (QED) is 0.0406. The largest absolute Gasteiger partial charge is 0.759 e. The molecule has 0 aromatic rings. The third kappa shape index (κ3) is 74.4. The average molecular weight is 771 g/mol. The topological polar surface area (TPSA) is 227 Å². The van der Waals surface area contributed by atoms with E-state index in [0.29, 0.717) is 36.3 Å². The second-order valence-electron chi connectivity index (χ2n) is 11.2. The Morgan fingerprint density at radius 3 is 0.660 bits per heavy atom. The van der Waals surface area contributed by atoms with Gasteiger partial charge in [-0.3, -0.25) is 8.42 Å². The van der Waals surface area contributed by atoms with Crippen molar-refractivity contribution in [3.05, 3.63) is 113 Å². The van der Waals surface area contributed by atoms with Crippen LogP contribution in [0.5, 0.6) is 0 Å². The van der Waals surface area contributed by atoms with Crippen LogP contribution in [0.25, 0.3) is 0 Å². The van der Waals surface area contributed by atoms with Crippen LogP contribution < -0.4 is 31.5 Å². The van der Waals surface area contributed by atoms with E-state index in [4.69, 9.17) is 17.5 Å². The van der Waals surface area contributed by atoms with Gasteiger partial charge in [-0.2, -0.15) is 0 Å². The number of nitrogens with two attached hydrogens (primary N) is 4. The molecular weight excluding hydrogens is 697 g/mol. The fourth-order valence-electron chi connectivity index (χ4n) is 4.34. The lowest BCUT2D eigenvalue weighted by atomic mass is 10.1. The summed E-state index contributed by atoms with van der Waals surface area (Å²) >= 11 is 0. The maximum atomic E-state index is 9.41. The normalized spacial score (nSPS) is 9.92. The van der Waals surface area contributed by atoms with Crippen LogP contribution >= 0.6 is 0 Å². The van der Waals surface area contributed by atoms with Crippen LogP contribution in [0.2, 0.25) is 0 Å². The molecule has 0 amide bonds. The zero-order valence-electron chi connectivity index (χ0n) is 33.2. The Balaban J connectivity index is -0.000000126. The zero-order valence-corrected chi connectivity index (χ0v) is 34.0. The van der Waals surface area contributed by atoms with Crippen LogP contribution in [0.15, 0.2) is 113 Å². The van der Waals surface area contributed by atoms with Crippen LogP contribution in [0.3, 0.4) is 0 Å². The highest BCUT2D eigenvalue weighted by molar-refractivity contribution is 7.79. The third-order valence-corrected chi connectivity index (χ3v) is 6.39. The lowest BCUT2D eigenvalue weighted by Gasteiger charge is -2.08. The Morgan fingerprint density at radius 1 is 0.453 bits per heavy atom. The number of aliphatic carboxylic acids is 2. The van der Waals surface area contributed by atoms with Gasteiger partial charge in [0.1, 0.15) is 0 Å². The van der Waals surface area contributed by atoms with Crippen molar-refractivity contribution in [2.45, 2.75) is 103 Å². The van der Waals surface area contributed by atoms with Gasteiger partial charge in [0.15, 0.2) is 0 Å². The summed E-state index contributed by atoms with van der Waals surface area (Å²) in [5.41, 5.74) is 0. The standard InChI is InChI=1S/4C9H17N.C4H4O4.H2O4S/c4*1-4-7-9(8-5-2)10-6-3;5-3(6)1-2-4(7)8;1-5(2,3)4/h4*4-5,9-10H,1-2,6-8H2,3H3;1-2H,(H,5,6)(H,7,8);(H2,1,2,3,4)/b;;;;2-1-;. The number of hydrogen-bond donors (Lipinski definition) is 4. The molecule has 0 saturated carbocycles. The fourth-order valence-corrected chi connectivity index (χ4v) is 4.34. The molecule has 0 unspecified atom stereocenters. The van der Waals surface area contributed by atoms with Gasteiger partial charge in [-0.05, 0) is 39.8 Å². The number of carbonyl (C=O) groups is 2. The number of carbonyl (C=O) groups excluding carboxylic acids is 2. The number of carboxylic acids is 2. The highest BCUT2D eigenvalue weighted by Crippen LogP contribution is 1.95. The SMILES string of the molecule is C=CCC(CC=C)[NH2+]CC.C=CCC(CC=C)[NH2+]CC.C=CCC(CC=C)[NH2+]CC.C=CCC(CC=C)[NH2+]CC.O=C([O-])/C=C\C(=O)[O-].O=S(=O)([O-])[O-]. The Labute approximate surface area is 323 Å². The summed E-state index contributed by atoms with van der Waals surface area (Å²) in [6.45, 7) is 42.9. The summed E-state index contributed by atoms with van der Waals surface area (Å²) in [4.78, 5) is 18.8. The molecule has 53 heavy (non-hydrogen) atoms. The Bertz CT molecular complexity index is 911. The minimum Gasteiger partial charge on any atom is -0.759 e. The van der Waals surface area contributed by atoms with E-state index in [2.05, 4.69) is 102 Å². The molecule has 13 heteroatoms. The Kier molecular flexibility index (Phi) is 58.4. The molecule has 0 fully saturated rings. The first-order valence-corrected chi connectivity index (χ1v) is 19.3. The van der Waals surface area contributed by atoms with Crippen molar-refractivity contribution in [1.29, 1.82) is 0 Å². The molecule has 0 aliphatic heterocycles. The van der Waals surface area contributed by atoms with Crippen molar-refractivity contribution in [2.75, 3.05) is 26.2 Å². The average Bonchev–Trinajstić information content (AvgIpc) is 3.06. The first-order valence-electron chi connectivity index (χ1n) is 18.0. The van der Waals surface area contributed by atoms with Gasteiger partial charge in [-0.25, -0.2) is 0 Å². The van der Waals surface area contributed by atoms with Crippen LogP contribution in [-0.4, -0.2) is 79.8 Å². The van der Waals surface area contributed by atoms with E-state index in [-0.39, 0.29) is 0 Å². The van der Waals surface area contributed by atoms with E-state index in [9.17, 15) is 19.8 Å². The highest BCUT2D eigenvalue weighted by atomic mass is 32.3. The summed E-state index contributed by atoms with van der Waals surface area (Å²) in [7, 11) is -5.17. The van der Waals surface area contributed by atoms with E-state index in [1.807, 2.05) is 48.6 Å². The van der Waals surface area contributed by atoms with E-state index >= 15 is 0 Å². The Morgan fingerprint density at radius 2 is 0.585 bits per heavy atom. The van der Waals surface area contributed by atoms with Gasteiger partial charge >= 0.3 is 0 Å². The molecular formula is C40H74N4O8S. The Hall–Kier alpha value is -3.69. The number of rotatable bonds is 26. The zero-order chi connectivity index (χ0) is 42.3. The van der Waals surface area contributed by atoms with Crippen LogP contribution in [0.4, 0.5) is 0 Å². The van der Waals surface area contributed by atoms with Gasteiger partial charge in [0.25, 0.3) is 0 Å². The van der Waals surface area contributed by atoms with Crippen molar-refractivity contribution in [3.63, 3.8) is 0 Å². The van der Waals surface area contributed by atoms with E-state index in [1.54, 1.807) is 0 Å². The predicted molar refractivity (Wildman–Crippen MR) is 213 cm³/mol. The predicted octanol–water partition coefficient (Wildman–Crippen LogP) is 0.0664. The third-order valence-electron chi connectivity index (χ3n) is 6.39. The summed E-state index contributed by atoms with van der Waals surface area (Å²) in [5, 5.41) is 28.1. The molecule has 0 rings (SSSR count). The minimum atomic E-state index is -5.17. The first kappa shape index (κ1) is 61.4. The van der Waals surface area contributed by atoms with Gasteiger partial charge < -0.3 is 50.2 Å². The van der Waals surface area contributed by atoms with E-state index < -0.39 is 22.3 Å². The minimum absolute atomic E-state index is 0.384. The van der Waals surface area contributed by atoms with Gasteiger partial charge in [0.05, 0.1) is 62.3 Å². The van der Waals surface area contributed by atoms with Gasteiger partial charge in [0.2, 0.25) is 0 Å². The first-order chi connectivity index (χ1) is 25.0. The van der Waals surface area contributed by atoms with Gasteiger partial charge in [-0.1, -0.05) is 48.6 Å². The van der Waals surface area contributed by atoms with Crippen molar-refractivity contribution in [1.82, 2.24) is 0 Å².